The Bertz CT molecular complexity index is 1250. The van der Waals surface area contributed by atoms with Crippen LogP contribution in [0.1, 0.15) is 25.7 Å². The van der Waals surface area contributed by atoms with E-state index >= 15 is 0 Å². The fourth-order valence-electron chi connectivity index (χ4n) is 4.69. The summed E-state index contributed by atoms with van der Waals surface area (Å²) in [6.45, 7) is 7.51. The van der Waals surface area contributed by atoms with Gasteiger partial charge in [0.2, 0.25) is 17.7 Å². The number of piperidine rings is 1. The molecule has 1 aromatic carbocycles. The van der Waals surface area contributed by atoms with Crippen molar-refractivity contribution in [1.29, 1.82) is 0 Å². The van der Waals surface area contributed by atoms with Crippen molar-refractivity contribution >= 4 is 41.0 Å². The Kier molecular flexibility index (Phi) is 22.0. The number of halogens is 3. The van der Waals surface area contributed by atoms with Crippen LogP contribution in [-0.4, -0.2) is 162 Å². The van der Waals surface area contributed by atoms with Gasteiger partial charge in [0.25, 0.3) is 0 Å². The minimum atomic E-state index is -5.08. The van der Waals surface area contributed by atoms with Crippen molar-refractivity contribution in [3.05, 3.63) is 24.3 Å². The smallest absolute Gasteiger partial charge is 0.481 e. The van der Waals surface area contributed by atoms with Crippen LogP contribution in [0.3, 0.4) is 0 Å². The molecule has 3 amide bonds. The van der Waals surface area contributed by atoms with Crippen LogP contribution in [0.4, 0.5) is 24.5 Å². The topological polar surface area (TPSA) is 212 Å². The predicted octanol–water partition coefficient (Wildman–Crippen LogP) is 1.15. The monoisotopic (exact) mass is 766 g/mol. The number of amides is 3. The maximum atomic E-state index is 12.6. The number of aliphatic carboxylic acids is 2. The molecule has 3 rings (SSSR count). The number of hydrogen-bond acceptors (Lipinski definition) is 13. The molecule has 0 aliphatic carbocycles. The third kappa shape index (κ3) is 20.7. The molecular weight excluding hydrogens is 717 g/mol. The van der Waals surface area contributed by atoms with Crippen LogP contribution < -0.4 is 15.5 Å². The summed E-state index contributed by atoms with van der Waals surface area (Å²) in [6.07, 6.45) is -3.96. The van der Waals surface area contributed by atoms with E-state index in [-0.39, 0.29) is 30.7 Å². The van der Waals surface area contributed by atoms with Crippen LogP contribution >= 0.6 is 0 Å². The van der Waals surface area contributed by atoms with E-state index in [1.165, 1.54) is 0 Å². The molecule has 1 aromatic rings. The maximum absolute atomic E-state index is 12.6. The predicted molar refractivity (Wildman–Crippen MR) is 181 cm³/mol. The minimum Gasteiger partial charge on any atom is -0.481 e. The molecule has 0 spiro atoms. The lowest BCUT2D eigenvalue weighted by Gasteiger charge is -2.36. The highest BCUT2D eigenvalue weighted by molar-refractivity contribution is 6.01. The van der Waals surface area contributed by atoms with Gasteiger partial charge in [-0.3, -0.25) is 24.5 Å². The summed E-state index contributed by atoms with van der Waals surface area (Å²) in [5.41, 5.74) is 1.88. The van der Waals surface area contributed by atoms with Crippen LogP contribution in [0.15, 0.2) is 24.3 Å². The summed E-state index contributed by atoms with van der Waals surface area (Å²) < 4.78 is 64.1. The molecule has 2 saturated heterocycles. The highest BCUT2D eigenvalue weighted by atomic mass is 19.4. The Hall–Kier alpha value is -4.08. The molecule has 2 heterocycles. The molecule has 2 fully saturated rings. The van der Waals surface area contributed by atoms with Crippen LogP contribution in [0.5, 0.6) is 0 Å². The van der Waals surface area contributed by atoms with Crippen molar-refractivity contribution in [2.45, 2.75) is 37.9 Å². The van der Waals surface area contributed by atoms with Gasteiger partial charge in [0.15, 0.2) is 0 Å². The van der Waals surface area contributed by atoms with Crippen molar-refractivity contribution in [2.75, 3.05) is 116 Å². The first kappa shape index (κ1) is 45.1. The molecule has 2 aliphatic heterocycles. The fraction of sp³-hybridized carbons (Fsp3) is 0.667. The lowest BCUT2D eigenvalue weighted by atomic mass is 10.1. The van der Waals surface area contributed by atoms with Crippen molar-refractivity contribution in [2.24, 2.45) is 0 Å². The summed E-state index contributed by atoms with van der Waals surface area (Å²) >= 11 is 0. The SMILES string of the molecule is O=C(O)C(F)(F)F.O=C(O)CCOCCOCCOCCOCCOCCOCCC(=O)N1CCN(c2ccc(NC3CCC(=O)NC3=O)cc2)CC1. The van der Waals surface area contributed by atoms with Gasteiger partial charge in [-0.2, -0.15) is 13.2 Å². The Morgan fingerprint density at radius 1 is 0.717 bits per heavy atom. The summed E-state index contributed by atoms with van der Waals surface area (Å²) in [5, 5.41) is 21.2. The van der Waals surface area contributed by atoms with E-state index in [0.29, 0.717) is 105 Å². The molecule has 0 radical (unpaired) electrons. The summed E-state index contributed by atoms with van der Waals surface area (Å²) in [5.74, 6) is -4.09. The Labute approximate surface area is 304 Å². The summed E-state index contributed by atoms with van der Waals surface area (Å²) in [7, 11) is 0. The van der Waals surface area contributed by atoms with Crippen LogP contribution in [0, 0.1) is 0 Å². The van der Waals surface area contributed by atoms with Gasteiger partial charge in [-0.05, 0) is 30.7 Å². The van der Waals surface area contributed by atoms with E-state index in [9.17, 15) is 32.3 Å². The Morgan fingerprint density at radius 2 is 1.15 bits per heavy atom. The molecular formula is C33H49F3N4O13. The van der Waals surface area contributed by atoms with Gasteiger partial charge in [0.05, 0.1) is 92.1 Å². The molecule has 1 unspecified atom stereocenters. The second-order valence-electron chi connectivity index (χ2n) is 11.4. The number of hydrogen-bond donors (Lipinski definition) is 4. The molecule has 20 heteroatoms. The number of ether oxygens (including phenoxy) is 6. The lowest BCUT2D eigenvalue weighted by Crippen LogP contribution is -2.49. The number of imide groups is 1. The number of carboxylic acids is 2. The number of nitrogens with one attached hydrogen (secondary N) is 2. The van der Waals surface area contributed by atoms with Gasteiger partial charge >= 0.3 is 18.1 Å². The van der Waals surface area contributed by atoms with Crippen LogP contribution in [-0.2, 0) is 52.4 Å². The zero-order valence-corrected chi connectivity index (χ0v) is 29.4. The number of rotatable bonds is 24. The molecule has 300 valence electrons. The number of carbonyl (C=O) groups excluding carboxylic acids is 3. The number of carboxylic acid groups (broad SMARTS) is 2. The minimum absolute atomic E-state index is 0.0126. The average molecular weight is 767 g/mol. The van der Waals surface area contributed by atoms with E-state index in [1.807, 2.05) is 29.2 Å². The van der Waals surface area contributed by atoms with E-state index in [4.69, 9.17) is 43.4 Å². The number of nitrogens with zero attached hydrogens (tertiary/aromatic N) is 2. The van der Waals surface area contributed by atoms with Gasteiger partial charge in [0.1, 0.15) is 6.04 Å². The third-order valence-electron chi connectivity index (χ3n) is 7.47. The zero-order chi connectivity index (χ0) is 38.9. The first-order chi connectivity index (χ1) is 25.4. The second-order valence-corrected chi connectivity index (χ2v) is 11.4. The van der Waals surface area contributed by atoms with Crippen LogP contribution in [0.25, 0.3) is 0 Å². The number of benzene rings is 1. The molecule has 4 N–H and O–H groups in total. The standard InChI is InChI=1S/C31H48N4O11.C2HF3O2/c36-28-6-5-27(31(40)33-28)32-25-1-3-26(4-2-25)34-9-11-35(12-10-34)29(37)7-13-41-15-17-43-19-21-45-23-24-46-22-20-44-18-16-42-14-8-30(38)39;3-2(4,5)1(6)7/h1-4,27,32H,5-24H2,(H,38,39)(H,33,36,40);(H,6,7). The molecule has 1 atom stereocenters. The van der Waals surface area contributed by atoms with E-state index in [1.54, 1.807) is 0 Å². The van der Waals surface area contributed by atoms with Gasteiger partial charge in [0, 0.05) is 44.0 Å². The quantitative estimate of drug-likeness (QED) is 0.0859. The molecule has 2 aliphatic rings. The van der Waals surface area contributed by atoms with Crippen molar-refractivity contribution in [3.8, 4) is 0 Å². The van der Waals surface area contributed by atoms with Crippen LogP contribution in [0.2, 0.25) is 0 Å². The van der Waals surface area contributed by atoms with Gasteiger partial charge in [-0.15, -0.1) is 0 Å². The fourth-order valence-corrected chi connectivity index (χ4v) is 4.69. The molecule has 0 saturated carbocycles. The molecule has 17 nitrogen and oxygen atoms in total. The number of carbonyl (C=O) groups is 5. The Balaban J connectivity index is 0.00000126. The van der Waals surface area contributed by atoms with Crippen molar-refractivity contribution in [3.63, 3.8) is 0 Å². The van der Waals surface area contributed by atoms with E-state index < -0.39 is 24.2 Å². The summed E-state index contributed by atoms with van der Waals surface area (Å²) in [6, 6.07) is 7.43. The largest absolute Gasteiger partial charge is 0.490 e. The van der Waals surface area contributed by atoms with E-state index in [0.717, 1.165) is 24.5 Å². The highest BCUT2D eigenvalue weighted by Crippen LogP contribution is 2.21. The molecule has 53 heavy (non-hydrogen) atoms. The third-order valence-corrected chi connectivity index (χ3v) is 7.47. The number of alkyl halides is 3. The molecule has 0 bridgehead atoms. The van der Waals surface area contributed by atoms with Gasteiger partial charge in [-0.25, -0.2) is 4.79 Å². The number of anilines is 2. The van der Waals surface area contributed by atoms with Gasteiger partial charge < -0.3 is 53.8 Å². The first-order valence-corrected chi connectivity index (χ1v) is 17.1. The normalized spacial score (nSPS) is 16.1. The highest BCUT2D eigenvalue weighted by Gasteiger charge is 2.38. The van der Waals surface area contributed by atoms with Gasteiger partial charge in [-0.1, -0.05) is 0 Å². The first-order valence-electron chi connectivity index (χ1n) is 17.1. The Morgan fingerprint density at radius 3 is 1.57 bits per heavy atom. The zero-order valence-electron chi connectivity index (χ0n) is 29.4. The average Bonchev–Trinajstić information content (AvgIpc) is 3.12. The lowest BCUT2D eigenvalue weighted by molar-refractivity contribution is -0.192. The van der Waals surface area contributed by atoms with E-state index in [2.05, 4.69) is 15.5 Å². The summed E-state index contributed by atoms with van der Waals surface area (Å²) in [4.78, 5) is 59.2. The van der Waals surface area contributed by atoms with Crippen molar-refractivity contribution in [1.82, 2.24) is 10.2 Å². The maximum Gasteiger partial charge on any atom is 0.490 e. The molecule has 0 aromatic heterocycles. The second kappa shape index (κ2) is 25.8. The number of piperazine rings is 1. The van der Waals surface area contributed by atoms with Crippen molar-refractivity contribution < 1.29 is 75.8 Å².